The standard InChI is InChI=1S/C9H16N2O5S/c1-6(9(13)14)17(15,16)11-4-2-7(3-5-11)8(10)12/h6-7H,2-5H2,1H3,(H2,10,12)(H,13,14). The molecule has 1 saturated heterocycles. The SMILES string of the molecule is CC(C(=O)O)S(=O)(=O)N1CCC(C(N)=O)CC1. The smallest absolute Gasteiger partial charge is 0.323 e. The number of carboxylic acids is 1. The van der Waals surface area contributed by atoms with Gasteiger partial charge in [0.1, 0.15) is 0 Å². The van der Waals surface area contributed by atoms with Crippen molar-refractivity contribution >= 4 is 21.9 Å². The van der Waals surface area contributed by atoms with Crippen LogP contribution in [0, 0.1) is 5.92 Å². The second-order valence-electron chi connectivity index (χ2n) is 4.10. The number of nitrogens with two attached hydrogens (primary N) is 1. The second kappa shape index (κ2) is 5.01. The Hall–Kier alpha value is -1.15. The van der Waals surface area contributed by atoms with E-state index in [0.717, 1.165) is 11.2 Å². The maximum absolute atomic E-state index is 11.8. The highest BCUT2D eigenvalue weighted by Crippen LogP contribution is 2.21. The average molecular weight is 264 g/mol. The minimum atomic E-state index is -3.83. The van der Waals surface area contributed by atoms with Gasteiger partial charge in [0.15, 0.2) is 5.25 Å². The average Bonchev–Trinajstić information content (AvgIpc) is 2.27. The third kappa shape index (κ3) is 2.95. The number of nitrogens with zero attached hydrogens (tertiary/aromatic N) is 1. The maximum Gasteiger partial charge on any atom is 0.323 e. The summed E-state index contributed by atoms with van der Waals surface area (Å²) in [6, 6.07) is 0. The molecule has 8 heteroatoms. The van der Waals surface area contributed by atoms with Gasteiger partial charge in [-0.2, -0.15) is 0 Å². The van der Waals surface area contributed by atoms with Crippen molar-refractivity contribution < 1.29 is 23.1 Å². The van der Waals surface area contributed by atoms with Crippen molar-refractivity contribution in [2.24, 2.45) is 11.7 Å². The lowest BCUT2D eigenvalue weighted by molar-refractivity contribution is -0.136. The van der Waals surface area contributed by atoms with Crippen molar-refractivity contribution in [1.29, 1.82) is 0 Å². The number of sulfonamides is 1. The van der Waals surface area contributed by atoms with Crippen LogP contribution in [-0.4, -0.2) is 48.0 Å². The molecule has 0 bridgehead atoms. The number of carbonyl (C=O) groups is 2. The molecule has 0 aliphatic carbocycles. The molecular formula is C9H16N2O5S. The van der Waals surface area contributed by atoms with Crippen molar-refractivity contribution in [2.45, 2.75) is 25.0 Å². The molecule has 1 amide bonds. The number of hydrogen-bond acceptors (Lipinski definition) is 4. The molecule has 0 aromatic heterocycles. The highest BCUT2D eigenvalue weighted by Gasteiger charge is 2.36. The molecule has 0 aromatic rings. The van der Waals surface area contributed by atoms with E-state index in [9.17, 15) is 18.0 Å². The third-order valence-corrected chi connectivity index (χ3v) is 5.19. The van der Waals surface area contributed by atoms with Crippen molar-refractivity contribution in [3.05, 3.63) is 0 Å². The van der Waals surface area contributed by atoms with Gasteiger partial charge in [-0.15, -0.1) is 0 Å². The zero-order valence-corrected chi connectivity index (χ0v) is 10.3. The number of piperidine rings is 1. The summed E-state index contributed by atoms with van der Waals surface area (Å²) in [4.78, 5) is 21.6. The van der Waals surface area contributed by atoms with Gasteiger partial charge < -0.3 is 10.8 Å². The number of aliphatic carboxylic acids is 1. The third-order valence-electron chi connectivity index (χ3n) is 3.01. The van der Waals surface area contributed by atoms with E-state index in [1.807, 2.05) is 0 Å². The first-order valence-corrected chi connectivity index (χ1v) is 6.78. The zero-order chi connectivity index (χ0) is 13.2. The number of rotatable bonds is 4. The van der Waals surface area contributed by atoms with Crippen LogP contribution >= 0.6 is 0 Å². The summed E-state index contributed by atoms with van der Waals surface area (Å²) in [5.74, 6) is -2.13. The Balaban J connectivity index is 2.71. The van der Waals surface area contributed by atoms with Gasteiger partial charge in [0.25, 0.3) is 0 Å². The first-order chi connectivity index (χ1) is 7.76. The quantitative estimate of drug-likeness (QED) is 0.674. The molecule has 0 saturated carbocycles. The fraction of sp³-hybridized carbons (Fsp3) is 0.778. The lowest BCUT2D eigenvalue weighted by Crippen LogP contribution is -2.46. The largest absolute Gasteiger partial charge is 0.480 e. The minimum absolute atomic E-state index is 0.146. The highest BCUT2D eigenvalue weighted by molar-refractivity contribution is 7.90. The Morgan fingerprint density at radius 2 is 1.82 bits per heavy atom. The van der Waals surface area contributed by atoms with E-state index in [1.54, 1.807) is 0 Å². The maximum atomic E-state index is 11.8. The van der Waals surface area contributed by atoms with E-state index < -0.39 is 27.1 Å². The van der Waals surface area contributed by atoms with Crippen LogP contribution < -0.4 is 5.73 Å². The molecule has 1 aliphatic heterocycles. The van der Waals surface area contributed by atoms with Crippen molar-refractivity contribution in [1.82, 2.24) is 4.31 Å². The summed E-state index contributed by atoms with van der Waals surface area (Å²) in [5, 5.41) is 7.24. The first kappa shape index (κ1) is 13.9. The van der Waals surface area contributed by atoms with E-state index in [-0.39, 0.29) is 19.0 Å². The summed E-state index contributed by atoms with van der Waals surface area (Å²) in [6.07, 6.45) is 0.696. The Kier molecular flexibility index (Phi) is 4.10. The lowest BCUT2D eigenvalue weighted by Gasteiger charge is -2.30. The number of hydrogen-bond donors (Lipinski definition) is 2. The van der Waals surface area contributed by atoms with E-state index in [2.05, 4.69) is 0 Å². The summed E-state index contributed by atoms with van der Waals surface area (Å²) in [5.41, 5.74) is 5.13. The Bertz CT molecular complexity index is 411. The van der Waals surface area contributed by atoms with Crippen LogP contribution in [0.5, 0.6) is 0 Å². The van der Waals surface area contributed by atoms with Gasteiger partial charge in [-0.1, -0.05) is 0 Å². The normalized spacial score (nSPS) is 21.0. The Labute approximate surface area is 99.6 Å². The zero-order valence-electron chi connectivity index (χ0n) is 9.50. The van der Waals surface area contributed by atoms with Crippen LogP contribution in [0.1, 0.15) is 19.8 Å². The van der Waals surface area contributed by atoms with Gasteiger partial charge in [-0.25, -0.2) is 12.7 Å². The van der Waals surface area contributed by atoms with Crippen LogP contribution in [0.25, 0.3) is 0 Å². The van der Waals surface area contributed by atoms with E-state index in [4.69, 9.17) is 10.8 Å². The predicted octanol–water partition coefficient (Wildman–Crippen LogP) is -1.01. The van der Waals surface area contributed by atoms with E-state index in [0.29, 0.717) is 12.8 Å². The molecule has 7 nitrogen and oxygen atoms in total. The van der Waals surface area contributed by atoms with Gasteiger partial charge in [-0.05, 0) is 19.8 Å². The molecule has 1 fully saturated rings. The molecular weight excluding hydrogens is 248 g/mol. The molecule has 1 aliphatic rings. The van der Waals surface area contributed by atoms with Crippen LogP contribution in [0.3, 0.4) is 0 Å². The Morgan fingerprint density at radius 3 is 2.18 bits per heavy atom. The molecule has 1 heterocycles. The van der Waals surface area contributed by atoms with Crippen LogP contribution in [0.4, 0.5) is 0 Å². The minimum Gasteiger partial charge on any atom is -0.480 e. The predicted molar refractivity (Wildman–Crippen MR) is 59.5 cm³/mol. The van der Waals surface area contributed by atoms with Crippen LogP contribution in [-0.2, 0) is 19.6 Å². The number of primary amides is 1. The monoisotopic (exact) mass is 264 g/mol. The molecule has 3 N–H and O–H groups in total. The van der Waals surface area contributed by atoms with Crippen LogP contribution in [0.2, 0.25) is 0 Å². The van der Waals surface area contributed by atoms with Crippen LogP contribution in [0.15, 0.2) is 0 Å². The topological polar surface area (TPSA) is 118 Å². The molecule has 0 radical (unpaired) electrons. The Morgan fingerprint density at radius 1 is 1.35 bits per heavy atom. The number of carbonyl (C=O) groups excluding carboxylic acids is 1. The molecule has 1 atom stereocenters. The molecule has 1 unspecified atom stereocenters. The summed E-state index contributed by atoms with van der Waals surface area (Å²) in [7, 11) is -3.83. The summed E-state index contributed by atoms with van der Waals surface area (Å²) < 4.78 is 24.8. The fourth-order valence-electron chi connectivity index (χ4n) is 1.75. The second-order valence-corrected chi connectivity index (χ2v) is 6.35. The molecule has 17 heavy (non-hydrogen) atoms. The number of amides is 1. The van der Waals surface area contributed by atoms with Gasteiger partial charge >= 0.3 is 5.97 Å². The van der Waals surface area contributed by atoms with E-state index >= 15 is 0 Å². The van der Waals surface area contributed by atoms with Crippen molar-refractivity contribution in [2.75, 3.05) is 13.1 Å². The van der Waals surface area contributed by atoms with Gasteiger partial charge in [-0.3, -0.25) is 9.59 Å². The van der Waals surface area contributed by atoms with Gasteiger partial charge in [0, 0.05) is 19.0 Å². The number of carboxylic acid groups (broad SMARTS) is 1. The highest BCUT2D eigenvalue weighted by atomic mass is 32.2. The van der Waals surface area contributed by atoms with Crippen molar-refractivity contribution in [3.8, 4) is 0 Å². The molecule has 98 valence electrons. The molecule has 0 spiro atoms. The van der Waals surface area contributed by atoms with Gasteiger partial charge in [0.2, 0.25) is 15.9 Å². The summed E-state index contributed by atoms with van der Waals surface area (Å²) in [6.45, 7) is 1.43. The van der Waals surface area contributed by atoms with Gasteiger partial charge in [0.05, 0.1) is 0 Å². The first-order valence-electron chi connectivity index (χ1n) is 5.28. The van der Waals surface area contributed by atoms with Crippen molar-refractivity contribution in [3.63, 3.8) is 0 Å². The molecule has 0 aromatic carbocycles. The lowest BCUT2D eigenvalue weighted by atomic mass is 9.98. The fourth-order valence-corrected chi connectivity index (χ4v) is 3.17. The molecule has 1 rings (SSSR count). The summed E-state index contributed by atoms with van der Waals surface area (Å²) >= 11 is 0. The van der Waals surface area contributed by atoms with E-state index in [1.165, 1.54) is 0 Å².